The molecule has 4 rings (SSSR count). The van der Waals surface area contributed by atoms with Crippen LogP contribution in [0, 0.1) is 0 Å². The number of hydrogen-bond donors (Lipinski definition) is 1. The number of benzene rings is 2. The van der Waals surface area contributed by atoms with Crippen molar-refractivity contribution >= 4 is 28.9 Å². The predicted octanol–water partition coefficient (Wildman–Crippen LogP) is 4.63. The molecule has 0 unspecified atom stereocenters. The highest BCUT2D eigenvalue weighted by Crippen LogP contribution is 2.46. The lowest BCUT2D eigenvalue weighted by Crippen LogP contribution is -2.46. The fourth-order valence-electron chi connectivity index (χ4n) is 3.99. The minimum Gasteiger partial charge on any atom is -0.396 e. The van der Waals surface area contributed by atoms with Crippen LogP contribution in [0.2, 0.25) is 5.02 Å². The number of hydrogen-bond acceptors (Lipinski definition) is 4. The first-order chi connectivity index (χ1) is 13.7. The van der Waals surface area contributed by atoms with E-state index in [0.717, 1.165) is 57.1 Å². The van der Waals surface area contributed by atoms with Crippen LogP contribution in [0.4, 0.5) is 0 Å². The zero-order valence-electron chi connectivity index (χ0n) is 16.1. The third-order valence-electron chi connectivity index (χ3n) is 5.52. The van der Waals surface area contributed by atoms with E-state index >= 15 is 0 Å². The number of halogens is 1. The van der Waals surface area contributed by atoms with Gasteiger partial charge in [0.25, 0.3) is 0 Å². The lowest BCUT2D eigenvalue weighted by molar-refractivity contribution is 0.126. The summed E-state index contributed by atoms with van der Waals surface area (Å²) in [6.45, 7) is 6.83. The lowest BCUT2D eigenvalue weighted by atomic mass is 9.96. The van der Waals surface area contributed by atoms with Gasteiger partial charge >= 0.3 is 0 Å². The van der Waals surface area contributed by atoms with Crippen molar-refractivity contribution < 1.29 is 5.11 Å². The van der Waals surface area contributed by atoms with Gasteiger partial charge in [-0.2, -0.15) is 0 Å². The minimum atomic E-state index is 0.291. The van der Waals surface area contributed by atoms with Crippen LogP contribution in [0.1, 0.15) is 24.0 Å². The van der Waals surface area contributed by atoms with Gasteiger partial charge in [-0.15, -0.1) is 0 Å². The monoisotopic (exact) mass is 414 g/mol. The first kappa shape index (κ1) is 20.0. The van der Waals surface area contributed by atoms with E-state index in [-0.39, 0.29) is 0 Å². The van der Waals surface area contributed by atoms with Gasteiger partial charge in [-0.3, -0.25) is 0 Å². The molecule has 2 aromatic rings. The van der Waals surface area contributed by atoms with Gasteiger partial charge < -0.3 is 14.9 Å². The first-order valence-corrected chi connectivity index (χ1v) is 11.3. The minimum absolute atomic E-state index is 0.291. The molecule has 0 spiro atoms. The summed E-state index contributed by atoms with van der Waals surface area (Å²) in [6, 6.07) is 14.9. The van der Waals surface area contributed by atoms with Crippen LogP contribution in [0.3, 0.4) is 0 Å². The Kier molecular flexibility index (Phi) is 6.76. The Labute approximate surface area is 177 Å². The van der Waals surface area contributed by atoms with E-state index in [1.165, 1.54) is 26.5 Å². The molecular formula is C23H27ClN2OS. The number of fused-ring (bicyclic) bond motifs is 2. The largest absolute Gasteiger partial charge is 0.396 e. The molecule has 0 amide bonds. The van der Waals surface area contributed by atoms with E-state index < -0.39 is 0 Å². The maximum absolute atomic E-state index is 8.99. The summed E-state index contributed by atoms with van der Waals surface area (Å²) in [6.07, 6.45) is 4.31. The van der Waals surface area contributed by atoms with Gasteiger partial charge in [0, 0.05) is 60.7 Å². The highest BCUT2D eigenvalue weighted by molar-refractivity contribution is 7.99. The highest BCUT2D eigenvalue weighted by atomic mass is 35.5. The van der Waals surface area contributed by atoms with Crippen molar-refractivity contribution in [2.45, 2.75) is 22.6 Å². The maximum atomic E-state index is 8.99. The normalized spacial score (nSPS) is 18.9. The predicted molar refractivity (Wildman–Crippen MR) is 118 cm³/mol. The zero-order valence-corrected chi connectivity index (χ0v) is 17.7. The summed E-state index contributed by atoms with van der Waals surface area (Å²) >= 11 is 8.14. The van der Waals surface area contributed by atoms with Gasteiger partial charge in [0.05, 0.1) is 0 Å². The Morgan fingerprint density at radius 2 is 1.64 bits per heavy atom. The Hall–Kier alpha value is -1.30. The quantitative estimate of drug-likeness (QED) is 0.636. The standard InChI is InChI=1S/C23H27ClN2OS/c24-18-8-9-23-21(17-18)19(20-5-1-2-7-22(20)28-23)6-3-10-25-12-14-26(15-13-25)11-4-16-27/h1-2,5-9,17,27H,3-4,10-16H2/b19-6-. The molecule has 1 saturated heterocycles. The van der Waals surface area contributed by atoms with Gasteiger partial charge in [-0.1, -0.05) is 47.6 Å². The highest BCUT2D eigenvalue weighted by Gasteiger charge is 2.21. The molecule has 0 saturated carbocycles. The van der Waals surface area contributed by atoms with Crippen molar-refractivity contribution in [1.29, 1.82) is 0 Å². The van der Waals surface area contributed by atoms with Crippen molar-refractivity contribution in [3.63, 3.8) is 0 Å². The van der Waals surface area contributed by atoms with Crippen LogP contribution in [0.15, 0.2) is 58.3 Å². The summed E-state index contributed by atoms with van der Waals surface area (Å²) in [5, 5.41) is 9.79. The molecule has 0 bridgehead atoms. The van der Waals surface area contributed by atoms with Gasteiger partial charge in [0.15, 0.2) is 0 Å². The molecule has 28 heavy (non-hydrogen) atoms. The number of aliphatic hydroxyl groups is 1. The third kappa shape index (κ3) is 4.64. The maximum Gasteiger partial charge on any atom is 0.0443 e. The van der Waals surface area contributed by atoms with Crippen LogP contribution >= 0.6 is 23.4 Å². The van der Waals surface area contributed by atoms with Crippen LogP contribution in [0.25, 0.3) is 5.57 Å². The molecule has 2 heterocycles. The molecule has 1 N–H and O–H groups in total. The van der Waals surface area contributed by atoms with Crippen LogP contribution in [-0.2, 0) is 0 Å². The molecule has 3 nitrogen and oxygen atoms in total. The molecule has 1 fully saturated rings. The van der Waals surface area contributed by atoms with Crippen molar-refractivity contribution in [3.8, 4) is 0 Å². The fourth-order valence-corrected chi connectivity index (χ4v) is 5.24. The van der Waals surface area contributed by atoms with E-state index in [0.29, 0.717) is 6.61 Å². The van der Waals surface area contributed by atoms with Crippen LogP contribution < -0.4 is 0 Å². The first-order valence-electron chi connectivity index (χ1n) is 10.1. The Bertz CT molecular complexity index is 846. The summed E-state index contributed by atoms with van der Waals surface area (Å²) < 4.78 is 0. The molecule has 0 aromatic heterocycles. The van der Waals surface area contributed by atoms with Crippen molar-refractivity contribution in [2.24, 2.45) is 0 Å². The third-order valence-corrected chi connectivity index (χ3v) is 6.91. The van der Waals surface area contributed by atoms with Crippen LogP contribution in [-0.4, -0.2) is 60.8 Å². The Morgan fingerprint density at radius 1 is 0.929 bits per heavy atom. The Balaban J connectivity index is 1.44. The van der Waals surface area contributed by atoms with Gasteiger partial charge in [-0.05, 0) is 53.8 Å². The second-order valence-electron chi connectivity index (χ2n) is 7.41. The van der Waals surface area contributed by atoms with Gasteiger partial charge in [0.2, 0.25) is 0 Å². The van der Waals surface area contributed by atoms with Crippen molar-refractivity contribution in [2.75, 3.05) is 45.9 Å². The molecule has 148 valence electrons. The average molecular weight is 415 g/mol. The molecule has 0 radical (unpaired) electrons. The second kappa shape index (κ2) is 9.47. The van der Waals surface area contributed by atoms with Crippen molar-refractivity contribution in [3.05, 3.63) is 64.7 Å². The number of piperazine rings is 1. The van der Waals surface area contributed by atoms with E-state index in [1.54, 1.807) is 0 Å². The molecule has 0 atom stereocenters. The molecule has 2 aliphatic heterocycles. The summed E-state index contributed by atoms with van der Waals surface area (Å²) in [5.41, 5.74) is 3.88. The molecular weight excluding hydrogens is 388 g/mol. The lowest BCUT2D eigenvalue weighted by Gasteiger charge is -2.34. The SMILES string of the molecule is OCCCN1CCN(CC/C=C2/c3ccccc3Sc3ccc(Cl)cc32)CC1. The molecule has 2 aliphatic rings. The fraction of sp³-hybridized carbons (Fsp3) is 0.391. The van der Waals surface area contributed by atoms with E-state index in [1.807, 2.05) is 17.8 Å². The van der Waals surface area contributed by atoms with Crippen LogP contribution in [0.5, 0.6) is 0 Å². The summed E-state index contributed by atoms with van der Waals surface area (Å²) in [5.74, 6) is 0. The second-order valence-corrected chi connectivity index (χ2v) is 8.93. The van der Waals surface area contributed by atoms with Crippen molar-refractivity contribution in [1.82, 2.24) is 9.80 Å². The molecule has 2 aromatic carbocycles. The topological polar surface area (TPSA) is 26.7 Å². The summed E-state index contributed by atoms with van der Waals surface area (Å²) in [7, 11) is 0. The van der Waals surface area contributed by atoms with E-state index in [2.05, 4.69) is 52.3 Å². The molecule has 5 heteroatoms. The van der Waals surface area contributed by atoms with E-state index in [4.69, 9.17) is 16.7 Å². The number of aliphatic hydroxyl groups excluding tert-OH is 1. The van der Waals surface area contributed by atoms with Gasteiger partial charge in [0.1, 0.15) is 0 Å². The Morgan fingerprint density at radius 3 is 2.43 bits per heavy atom. The van der Waals surface area contributed by atoms with Gasteiger partial charge in [-0.25, -0.2) is 0 Å². The summed E-state index contributed by atoms with van der Waals surface area (Å²) in [4.78, 5) is 7.61. The average Bonchev–Trinajstić information content (AvgIpc) is 2.73. The smallest absolute Gasteiger partial charge is 0.0443 e. The number of nitrogens with zero attached hydrogens (tertiary/aromatic N) is 2. The zero-order chi connectivity index (χ0) is 19.3. The molecule has 0 aliphatic carbocycles. The number of rotatable bonds is 6. The van der Waals surface area contributed by atoms with E-state index in [9.17, 15) is 0 Å².